The molecule has 0 fully saturated rings. The van der Waals surface area contributed by atoms with Crippen molar-refractivity contribution in [3.8, 4) is 5.75 Å². The predicted octanol–water partition coefficient (Wildman–Crippen LogP) is 4.56. The Bertz CT molecular complexity index is 899. The topological polar surface area (TPSA) is 50.7 Å². The molecule has 0 spiro atoms. The molecule has 3 aromatic rings. The van der Waals surface area contributed by atoms with Gasteiger partial charge in [0, 0.05) is 29.8 Å². The molecule has 0 radical (unpaired) electrons. The summed E-state index contributed by atoms with van der Waals surface area (Å²) in [5, 5.41) is 4.89. The van der Waals surface area contributed by atoms with Crippen LogP contribution >= 0.6 is 0 Å². The van der Waals surface area contributed by atoms with E-state index in [-0.39, 0.29) is 5.91 Å². The number of carbonyl (C=O) groups is 1. The van der Waals surface area contributed by atoms with Crippen LogP contribution in [0.1, 0.15) is 12.5 Å². The van der Waals surface area contributed by atoms with Gasteiger partial charge in [0.15, 0.2) is 0 Å². The van der Waals surface area contributed by atoms with Gasteiger partial charge in [-0.3, -0.25) is 9.79 Å². The molecule has 4 nitrogen and oxygen atoms in total. The molecule has 0 aliphatic heterocycles. The molecule has 0 atom stereocenters. The number of benzene rings is 3. The molecule has 0 unspecified atom stereocenters. The van der Waals surface area contributed by atoms with Crippen LogP contribution in [0.15, 0.2) is 65.7 Å². The first-order chi connectivity index (χ1) is 11.7. The van der Waals surface area contributed by atoms with Crippen LogP contribution in [0, 0.1) is 0 Å². The first kappa shape index (κ1) is 15.7. The number of nitrogens with zero attached hydrogens (tertiary/aromatic N) is 1. The first-order valence-corrected chi connectivity index (χ1v) is 7.65. The van der Waals surface area contributed by atoms with Gasteiger partial charge >= 0.3 is 0 Å². The lowest BCUT2D eigenvalue weighted by Crippen LogP contribution is -2.04. The maximum Gasteiger partial charge on any atom is 0.221 e. The maximum atomic E-state index is 11.0. The highest BCUT2D eigenvalue weighted by Crippen LogP contribution is 2.28. The fourth-order valence-electron chi connectivity index (χ4n) is 2.56. The van der Waals surface area contributed by atoms with Gasteiger partial charge in [0.1, 0.15) is 5.75 Å². The molecule has 0 saturated carbocycles. The van der Waals surface area contributed by atoms with E-state index in [1.54, 1.807) is 7.11 Å². The summed E-state index contributed by atoms with van der Waals surface area (Å²) in [5.74, 6) is 0.762. The van der Waals surface area contributed by atoms with Crippen molar-refractivity contribution >= 4 is 34.3 Å². The van der Waals surface area contributed by atoms with Crippen LogP contribution in [-0.2, 0) is 4.79 Å². The lowest BCUT2D eigenvalue weighted by Gasteiger charge is -2.07. The largest absolute Gasteiger partial charge is 0.496 e. The molecule has 0 heterocycles. The summed E-state index contributed by atoms with van der Waals surface area (Å²) < 4.78 is 5.41. The van der Waals surface area contributed by atoms with E-state index in [0.29, 0.717) is 0 Å². The van der Waals surface area contributed by atoms with E-state index in [4.69, 9.17) is 4.74 Å². The average molecular weight is 318 g/mol. The second-order valence-corrected chi connectivity index (χ2v) is 5.39. The quantitative estimate of drug-likeness (QED) is 0.717. The molecule has 4 heteroatoms. The Morgan fingerprint density at radius 2 is 1.71 bits per heavy atom. The minimum atomic E-state index is -0.0871. The Morgan fingerprint density at radius 1 is 1.00 bits per heavy atom. The number of hydrogen-bond donors (Lipinski definition) is 1. The number of hydrogen-bond acceptors (Lipinski definition) is 3. The van der Waals surface area contributed by atoms with E-state index in [2.05, 4.69) is 16.4 Å². The zero-order chi connectivity index (χ0) is 16.9. The summed E-state index contributed by atoms with van der Waals surface area (Å²) in [5.41, 5.74) is 2.61. The number of rotatable bonds is 4. The van der Waals surface area contributed by atoms with Crippen molar-refractivity contribution in [2.24, 2.45) is 4.99 Å². The van der Waals surface area contributed by atoms with Crippen LogP contribution in [0.5, 0.6) is 5.75 Å². The molecular formula is C20H18N2O2. The molecule has 0 saturated heterocycles. The van der Waals surface area contributed by atoms with Gasteiger partial charge < -0.3 is 10.1 Å². The van der Waals surface area contributed by atoms with E-state index < -0.39 is 0 Å². The van der Waals surface area contributed by atoms with Crippen molar-refractivity contribution in [2.45, 2.75) is 6.92 Å². The minimum absolute atomic E-state index is 0.0871. The number of ether oxygens (including phenoxy) is 1. The lowest BCUT2D eigenvalue weighted by atomic mass is 10.0. The Morgan fingerprint density at radius 3 is 2.38 bits per heavy atom. The highest BCUT2D eigenvalue weighted by atomic mass is 16.5. The van der Waals surface area contributed by atoms with Gasteiger partial charge in [0.2, 0.25) is 5.91 Å². The Kier molecular flexibility index (Phi) is 4.57. The van der Waals surface area contributed by atoms with E-state index in [0.717, 1.165) is 33.5 Å². The number of amides is 1. The average Bonchev–Trinajstić information content (AvgIpc) is 2.60. The maximum absolute atomic E-state index is 11.0. The second kappa shape index (κ2) is 6.96. The van der Waals surface area contributed by atoms with Crippen molar-refractivity contribution in [1.29, 1.82) is 0 Å². The summed E-state index contributed by atoms with van der Waals surface area (Å²) in [7, 11) is 1.67. The van der Waals surface area contributed by atoms with Crippen LogP contribution in [-0.4, -0.2) is 19.2 Å². The number of anilines is 1. The second-order valence-electron chi connectivity index (χ2n) is 5.39. The summed E-state index contributed by atoms with van der Waals surface area (Å²) in [4.78, 5) is 15.6. The zero-order valence-corrected chi connectivity index (χ0v) is 13.6. The molecule has 0 aliphatic carbocycles. The monoisotopic (exact) mass is 318 g/mol. The SMILES string of the molecule is COc1ccc(C=Nc2ccc(NC(C)=O)cc2)c2ccccc12. The van der Waals surface area contributed by atoms with Crippen molar-refractivity contribution in [1.82, 2.24) is 0 Å². The zero-order valence-electron chi connectivity index (χ0n) is 13.6. The molecule has 3 aromatic carbocycles. The summed E-state index contributed by atoms with van der Waals surface area (Å²) in [6.45, 7) is 1.49. The third-order valence-electron chi connectivity index (χ3n) is 3.68. The molecule has 3 rings (SSSR count). The summed E-state index contributed by atoms with van der Waals surface area (Å²) in [6.07, 6.45) is 1.84. The number of methoxy groups -OCH3 is 1. The number of fused-ring (bicyclic) bond motifs is 1. The predicted molar refractivity (Wildman–Crippen MR) is 98.5 cm³/mol. The number of nitrogens with one attached hydrogen (secondary N) is 1. The molecule has 0 aromatic heterocycles. The van der Waals surface area contributed by atoms with Gasteiger partial charge in [-0.15, -0.1) is 0 Å². The molecule has 0 aliphatic rings. The van der Waals surface area contributed by atoms with Crippen LogP contribution in [0.25, 0.3) is 10.8 Å². The van der Waals surface area contributed by atoms with E-state index in [1.165, 1.54) is 6.92 Å². The first-order valence-electron chi connectivity index (χ1n) is 7.65. The minimum Gasteiger partial charge on any atom is -0.496 e. The normalized spacial score (nSPS) is 10.9. The lowest BCUT2D eigenvalue weighted by molar-refractivity contribution is -0.114. The highest BCUT2D eigenvalue weighted by Gasteiger charge is 2.04. The fourth-order valence-corrected chi connectivity index (χ4v) is 2.56. The van der Waals surface area contributed by atoms with Gasteiger partial charge in [-0.1, -0.05) is 24.3 Å². The smallest absolute Gasteiger partial charge is 0.221 e. The van der Waals surface area contributed by atoms with Gasteiger partial charge in [-0.05, 0) is 41.8 Å². The van der Waals surface area contributed by atoms with E-state index in [9.17, 15) is 4.79 Å². The van der Waals surface area contributed by atoms with Crippen LogP contribution in [0.4, 0.5) is 11.4 Å². The summed E-state index contributed by atoms with van der Waals surface area (Å²) in [6, 6.07) is 19.4. The highest BCUT2D eigenvalue weighted by molar-refractivity contribution is 6.02. The van der Waals surface area contributed by atoms with Crippen molar-refractivity contribution in [3.63, 3.8) is 0 Å². The molecule has 120 valence electrons. The number of aliphatic imine (C=N–C) groups is 1. The van der Waals surface area contributed by atoms with Crippen molar-refractivity contribution in [3.05, 3.63) is 66.2 Å². The van der Waals surface area contributed by atoms with Crippen molar-refractivity contribution < 1.29 is 9.53 Å². The third kappa shape index (κ3) is 3.43. The van der Waals surface area contributed by atoms with Gasteiger partial charge in [-0.2, -0.15) is 0 Å². The Hall–Kier alpha value is -3.14. The third-order valence-corrected chi connectivity index (χ3v) is 3.68. The molecule has 0 bridgehead atoms. The number of carbonyl (C=O) groups excluding carboxylic acids is 1. The van der Waals surface area contributed by atoms with Crippen LogP contribution in [0.2, 0.25) is 0 Å². The Labute approximate surface area is 140 Å². The molecule has 24 heavy (non-hydrogen) atoms. The Balaban J connectivity index is 1.89. The van der Waals surface area contributed by atoms with E-state index in [1.807, 2.05) is 60.8 Å². The van der Waals surface area contributed by atoms with Crippen molar-refractivity contribution in [2.75, 3.05) is 12.4 Å². The molecular weight excluding hydrogens is 300 g/mol. The fraction of sp³-hybridized carbons (Fsp3) is 0.100. The van der Waals surface area contributed by atoms with Crippen LogP contribution < -0.4 is 10.1 Å². The van der Waals surface area contributed by atoms with Gasteiger partial charge in [0.25, 0.3) is 0 Å². The molecule has 1 N–H and O–H groups in total. The van der Waals surface area contributed by atoms with Crippen LogP contribution in [0.3, 0.4) is 0 Å². The summed E-state index contributed by atoms with van der Waals surface area (Å²) >= 11 is 0. The van der Waals surface area contributed by atoms with Gasteiger partial charge in [0.05, 0.1) is 12.8 Å². The molecule has 1 amide bonds. The van der Waals surface area contributed by atoms with E-state index >= 15 is 0 Å². The standard InChI is InChI=1S/C20H18N2O2/c1-14(23)22-17-10-8-16(9-11-17)21-13-15-7-12-20(24-2)19-6-4-3-5-18(15)19/h3-13H,1-2H3,(H,22,23). The van der Waals surface area contributed by atoms with Gasteiger partial charge in [-0.25, -0.2) is 0 Å².